The van der Waals surface area contributed by atoms with E-state index in [4.69, 9.17) is 14.6 Å². The van der Waals surface area contributed by atoms with Gasteiger partial charge < -0.3 is 9.47 Å². The number of carbonyl (C=O) groups excluding carboxylic acids is 1. The molecule has 1 amide bonds. The van der Waals surface area contributed by atoms with Crippen molar-refractivity contribution in [1.29, 1.82) is 0 Å². The predicted molar refractivity (Wildman–Crippen MR) is 102 cm³/mol. The first kappa shape index (κ1) is 20.9. The average Bonchev–Trinajstić information content (AvgIpc) is 2.70. The molecule has 12 heteroatoms. The maximum absolute atomic E-state index is 14.6. The fraction of sp³-hybridized carbons (Fsp3) is 0.158. The Morgan fingerprint density at radius 3 is 2.48 bits per heavy atom. The van der Waals surface area contributed by atoms with Crippen LogP contribution in [0.5, 0.6) is 5.75 Å². The van der Waals surface area contributed by atoms with Crippen LogP contribution in [0.15, 0.2) is 35.4 Å². The monoisotopic (exact) mass is 453 g/mol. The van der Waals surface area contributed by atoms with Crippen molar-refractivity contribution in [3.8, 4) is 5.75 Å². The van der Waals surface area contributed by atoms with Gasteiger partial charge in [-0.3, -0.25) is 9.88 Å². The molecule has 4 rings (SSSR count). The van der Waals surface area contributed by atoms with Crippen LogP contribution in [0.4, 0.5) is 23.7 Å². The molecule has 0 saturated heterocycles. The van der Waals surface area contributed by atoms with Crippen LogP contribution in [0.1, 0.15) is 11.1 Å². The number of amides is 1. The van der Waals surface area contributed by atoms with Gasteiger partial charge in [0, 0.05) is 22.7 Å². The second-order valence-corrected chi connectivity index (χ2v) is 8.22. The summed E-state index contributed by atoms with van der Waals surface area (Å²) in [5.41, 5.74) is 0.152. The molecule has 0 atom stereocenters. The first-order valence-corrected chi connectivity index (χ1v) is 10.3. The number of benzene rings is 2. The Bertz CT molecular complexity index is 1320. The van der Waals surface area contributed by atoms with Crippen molar-refractivity contribution >= 4 is 32.7 Å². The van der Waals surface area contributed by atoms with Gasteiger partial charge in [-0.1, -0.05) is 0 Å². The van der Waals surface area contributed by atoms with Crippen LogP contribution in [0.2, 0.25) is 0 Å². The lowest BCUT2D eigenvalue weighted by Crippen LogP contribution is -2.36. The number of fused-ring (bicyclic) bond motifs is 3. The van der Waals surface area contributed by atoms with Gasteiger partial charge in [-0.05, 0) is 24.3 Å². The Labute approximate surface area is 174 Å². The van der Waals surface area contributed by atoms with Gasteiger partial charge in [-0.15, -0.1) is 0 Å². The molecule has 0 aliphatic carbocycles. The van der Waals surface area contributed by atoms with E-state index in [1.165, 1.54) is 19.4 Å². The van der Waals surface area contributed by atoms with Gasteiger partial charge in [-0.25, -0.2) is 31.5 Å². The number of sulfonamides is 1. The number of carbonyl (C=O) groups is 1. The molecule has 1 aliphatic rings. The molecule has 0 fully saturated rings. The van der Waals surface area contributed by atoms with E-state index in [0.29, 0.717) is 23.1 Å². The van der Waals surface area contributed by atoms with E-state index in [1.807, 2.05) is 0 Å². The predicted octanol–water partition coefficient (Wildman–Crippen LogP) is 2.96. The highest BCUT2D eigenvalue weighted by Crippen LogP contribution is 2.39. The molecule has 2 heterocycles. The van der Waals surface area contributed by atoms with E-state index in [2.05, 4.69) is 4.98 Å². The standard InChI is InChI=1S/C19H14F3N3O5S/c1-29-18-13(20)3-2-11-16(18)24-6-9-8-30-19(26)25(17(9)11)7-12-14(21)4-10(5-15(12)22)31(23,27)28/h2-6H,7-8H2,1H3,(H2,23,27,28). The van der Waals surface area contributed by atoms with Crippen molar-refractivity contribution in [1.82, 2.24) is 4.98 Å². The summed E-state index contributed by atoms with van der Waals surface area (Å²) < 4.78 is 76.1. The normalized spacial score (nSPS) is 13.8. The van der Waals surface area contributed by atoms with Crippen LogP contribution in [-0.4, -0.2) is 26.6 Å². The number of cyclic esters (lactones) is 1. The van der Waals surface area contributed by atoms with E-state index < -0.39 is 50.6 Å². The zero-order chi connectivity index (χ0) is 22.5. The number of primary sulfonamides is 1. The Kier molecular flexibility index (Phi) is 4.98. The van der Waals surface area contributed by atoms with Gasteiger partial charge >= 0.3 is 6.09 Å². The van der Waals surface area contributed by atoms with Crippen molar-refractivity contribution in [3.05, 3.63) is 59.0 Å². The first-order chi connectivity index (χ1) is 14.6. The summed E-state index contributed by atoms with van der Waals surface area (Å²) in [6, 6.07) is 3.60. The van der Waals surface area contributed by atoms with Crippen LogP contribution >= 0.6 is 0 Å². The number of nitrogens with zero attached hydrogens (tertiary/aromatic N) is 2. The van der Waals surface area contributed by atoms with Crippen LogP contribution in [-0.2, 0) is 27.9 Å². The number of rotatable bonds is 4. The molecule has 8 nitrogen and oxygen atoms in total. The lowest BCUT2D eigenvalue weighted by atomic mass is 10.1. The lowest BCUT2D eigenvalue weighted by molar-refractivity contribution is 0.141. The summed E-state index contributed by atoms with van der Waals surface area (Å²) in [7, 11) is -3.09. The lowest BCUT2D eigenvalue weighted by Gasteiger charge is -2.30. The second-order valence-electron chi connectivity index (χ2n) is 6.66. The molecule has 0 bridgehead atoms. The molecule has 1 aliphatic heterocycles. The highest BCUT2D eigenvalue weighted by molar-refractivity contribution is 7.89. The Balaban J connectivity index is 1.88. The minimum absolute atomic E-state index is 0.103. The van der Waals surface area contributed by atoms with Crippen LogP contribution in [0, 0.1) is 17.5 Å². The van der Waals surface area contributed by atoms with Gasteiger partial charge in [0.15, 0.2) is 11.6 Å². The fourth-order valence-electron chi connectivity index (χ4n) is 3.37. The number of methoxy groups -OCH3 is 1. The third-order valence-corrected chi connectivity index (χ3v) is 5.69. The van der Waals surface area contributed by atoms with Gasteiger partial charge in [0.1, 0.15) is 23.8 Å². The number of pyridine rings is 1. The molecule has 162 valence electrons. The van der Waals surface area contributed by atoms with Gasteiger partial charge in [-0.2, -0.15) is 0 Å². The summed E-state index contributed by atoms with van der Waals surface area (Å²) in [5, 5.41) is 5.22. The molecule has 0 spiro atoms. The molecule has 0 unspecified atom stereocenters. The molecular formula is C19H14F3N3O5S. The highest BCUT2D eigenvalue weighted by atomic mass is 32.2. The van der Waals surface area contributed by atoms with Crippen molar-refractivity contribution in [2.75, 3.05) is 12.0 Å². The van der Waals surface area contributed by atoms with Crippen molar-refractivity contribution in [2.45, 2.75) is 18.0 Å². The summed E-state index contributed by atoms with van der Waals surface area (Å²) in [5.74, 6) is -3.27. The molecule has 0 radical (unpaired) electrons. The minimum atomic E-state index is -4.34. The van der Waals surface area contributed by atoms with Gasteiger partial charge in [0.05, 0.1) is 24.2 Å². The quantitative estimate of drug-likeness (QED) is 0.650. The van der Waals surface area contributed by atoms with E-state index in [0.717, 1.165) is 11.0 Å². The van der Waals surface area contributed by atoms with Crippen LogP contribution in [0.3, 0.4) is 0 Å². The second kappa shape index (κ2) is 7.39. The smallest absolute Gasteiger partial charge is 0.414 e. The van der Waals surface area contributed by atoms with Crippen LogP contribution in [0.25, 0.3) is 10.9 Å². The summed E-state index contributed by atoms with van der Waals surface area (Å²) in [4.78, 5) is 16.9. The Morgan fingerprint density at radius 2 is 1.87 bits per heavy atom. The average molecular weight is 453 g/mol. The largest absolute Gasteiger partial charge is 0.491 e. The van der Waals surface area contributed by atoms with Crippen molar-refractivity contribution in [2.24, 2.45) is 5.14 Å². The van der Waals surface area contributed by atoms with Crippen LogP contribution < -0.4 is 14.8 Å². The van der Waals surface area contributed by atoms with E-state index in [9.17, 15) is 26.4 Å². The molecule has 0 saturated carbocycles. The number of hydrogen-bond donors (Lipinski definition) is 1. The first-order valence-electron chi connectivity index (χ1n) is 8.71. The summed E-state index contributed by atoms with van der Waals surface area (Å²) in [6.07, 6.45) is 0.438. The third-order valence-electron chi connectivity index (χ3n) is 4.80. The SMILES string of the molecule is COc1c(F)ccc2c3c(cnc12)COC(=O)N3Cc1c(F)cc(S(N)(=O)=O)cc1F. The fourth-order valence-corrected chi connectivity index (χ4v) is 3.90. The van der Waals surface area contributed by atoms with E-state index >= 15 is 0 Å². The molecule has 1 aromatic heterocycles. The molecule has 3 aromatic rings. The summed E-state index contributed by atoms with van der Waals surface area (Å²) in [6.45, 7) is -0.782. The maximum atomic E-state index is 14.6. The zero-order valence-electron chi connectivity index (χ0n) is 15.9. The third kappa shape index (κ3) is 3.53. The van der Waals surface area contributed by atoms with Crippen molar-refractivity contribution in [3.63, 3.8) is 0 Å². The van der Waals surface area contributed by atoms with E-state index in [-0.39, 0.29) is 23.6 Å². The maximum Gasteiger partial charge on any atom is 0.414 e. The Morgan fingerprint density at radius 1 is 1.19 bits per heavy atom. The minimum Gasteiger partial charge on any atom is -0.491 e. The number of halogens is 3. The molecule has 31 heavy (non-hydrogen) atoms. The number of ether oxygens (including phenoxy) is 2. The van der Waals surface area contributed by atoms with E-state index in [1.54, 1.807) is 0 Å². The van der Waals surface area contributed by atoms with Gasteiger partial charge in [0.2, 0.25) is 10.0 Å². The molecule has 2 aromatic carbocycles. The topological polar surface area (TPSA) is 112 Å². The number of nitrogens with two attached hydrogens (primary N) is 1. The highest BCUT2D eigenvalue weighted by Gasteiger charge is 2.31. The number of anilines is 1. The molecular weight excluding hydrogens is 439 g/mol. The molecule has 2 N–H and O–H groups in total. The van der Waals surface area contributed by atoms with Gasteiger partial charge in [0.25, 0.3) is 0 Å². The van der Waals surface area contributed by atoms with Crippen molar-refractivity contribution < 1.29 is 35.9 Å². The summed E-state index contributed by atoms with van der Waals surface area (Å²) >= 11 is 0. The zero-order valence-corrected chi connectivity index (χ0v) is 16.7. The Hall–Kier alpha value is -3.38. The number of hydrogen-bond acceptors (Lipinski definition) is 6. The number of aromatic nitrogens is 1.